The van der Waals surface area contributed by atoms with E-state index in [2.05, 4.69) is 5.32 Å². The number of carboxylic acid groups (broad SMARTS) is 1. The lowest BCUT2D eigenvalue weighted by atomic mass is 10.0. The second-order valence-electron chi connectivity index (χ2n) is 4.54. The van der Waals surface area contributed by atoms with Crippen LogP contribution in [0.25, 0.3) is 0 Å². The van der Waals surface area contributed by atoms with Crippen molar-refractivity contribution in [3.63, 3.8) is 0 Å². The molecule has 0 aromatic carbocycles. The van der Waals surface area contributed by atoms with Crippen molar-refractivity contribution in [2.45, 2.75) is 38.8 Å². The van der Waals surface area contributed by atoms with Gasteiger partial charge in [0.1, 0.15) is 0 Å². The second-order valence-corrected chi connectivity index (χ2v) is 4.54. The van der Waals surface area contributed by atoms with E-state index in [0.29, 0.717) is 6.54 Å². The molecule has 1 saturated heterocycles. The van der Waals surface area contributed by atoms with E-state index in [1.54, 1.807) is 18.7 Å². The van der Waals surface area contributed by atoms with Crippen LogP contribution in [0.4, 0.5) is 4.79 Å². The molecule has 2 amide bonds. The summed E-state index contributed by atoms with van der Waals surface area (Å²) in [6, 6.07) is -0.857. The van der Waals surface area contributed by atoms with Crippen molar-refractivity contribution in [1.29, 1.82) is 0 Å². The lowest BCUT2D eigenvalue weighted by Crippen LogP contribution is -2.49. The Morgan fingerprint density at radius 3 is 2.65 bits per heavy atom. The molecule has 1 aliphatic heterocycles. The van der Waals surface area contributed by atoms with Gasteiger partial charge in [-0.05, 0) is 26.7 Å². The molecule has 3 unspecified atom stereocenters. The Hall–Kier alpha value is -1.30. The van der Waals surface area contributed by atoms with Gasteiger partial charge >= 0.3 is 12.0 Å². The van der Waals surface area contributed by atoms with Gasteiger partial charge in [0.2, 0.25) is 0 Å². The van der Waals surface area contributed by atoms with E-state index in [4.69, 9.17) is 10.2 Å². The zero-order valence-electron chi connectivity index (χ0n) is 10.2. The van der Waals surface area contributed by atoms with Gasteiger partial charge in [0.25, 0.3) is 0 Å². The number of carbonyl (C=O) groups is 2. The van der Waals surface area contributed by atoms with E-state index in [1.165, 1.54) is 0 Å². The molecule has 0 aromatic rings. The number of amides is 2. The molecule has 0 spiro atoms. The number of rotatable bonds is 4. The number of hydrogen-bond acceptors (Lipinski definition) is 3. The van der Waals surface area contributed by atoms with Crippen LogP contribution in [0.5, 0.6) is 0 Å². The number of carbonyl (C=O) groups excluding carboxylic acids is 1. The summed E-state index contributed by atoms with van der Waals surface area (Å²) in [5, 5.41) is 20.6. The fourth-order valence-electron chi connectivity index (χ4n) is 1.91. The Balaban J connectivity index is 2.51. The van der Waals surface area contributed by atoms with E-state index < -0.39 is 17.9 Å². The Bertz CT molecular complexity index is 295. The van der Waals surface area contributed by atoms with Crippen LogP contribution in [0.2, 0.25) is 0 Å². The molecule has 0 bridgehead atoms. The molecule has 98 valence electrons. The first-order valence-electron chi connectivity index (χ1n) is 5.88. The molecule has 0 aromatic heterocycles. The lowest BCUT2D eigenvalue weighted by molar-refractivity contribution is -0.141. The monoisotopic (exact) mass is 244 g/mol. The van der Waals surface area contributed by atoms with Gasteiger partial charge in [-0.15, -0.1) is 0 Å². The van der Waals surface area contributed by atoms with Crippen LogP contribution in [0.1, 0.15) is 26.7 Å². The first kappa shape index (κ1) is 13.8. The summed E-state index contributed by atoms with van der Waals surface area (Å²) >= 11 is 0. The Morgan fingerprint density at radius 2 is 2.12 bits per heavy atom. The second kappa shape index (κ2) is 5.86. The summed E-state index contributed by atoms with van der Waals surface area (Å²) in [6.45, 7) is 3.79. The number of nitrogens with zero attached hydrogens (tertiary/aromatic N) is 1. The third-order valence-electron chi connectivity index (χ3n) is 3.34. The van der Waals surface area contributed by atoms with Crippen molar-refractivity contribution < 1.29 is 19.8 Å². The highest BCUT2D eigenvalue weighted by molar-refractivity contribution is 5.77. The van der Waals surface area contributed by atoms with Crippen molar-refractivity contribution in [2.24, 2.45) is 5.92 Å². The van der Waals surface area contributed by atoms with Crippen LogP contribution in [-0.4, -0.2) is 52.3 Å². The number of nitrogens with one attached hydrogen (secondary N) is 1. The van der Waals surface area contributed by atoms with Gasteiger partial charge in [-0.25, -0.2) is 4.79 Å². The molecule has 3 atom stereocenters. The van der Waals surface area contributed by atoms with Crippen LogP contribution in [0, 0.1) is 5.92 Å². The van der Waals surface area contributed by atoms with Crippen molar-refractivity contribution in [3.05, 3.63) is 0 Å². The first-order chi connectivity index (χ1) is 7.97. The van der Waals surface area contributed by atoms with Crippen molar-refractivity contribution in [2.75, 3.05) is 13.2 Å². The maximum Gasteiger partial charge on any atom is 0.317 e. The molecule has 17 heavy (non-hydrogen) atoms. The minimum absolute atomic E-state index is 0.0454. The summed E-state index contributed by atoms with van der Waals surface area (Å²) in [6.07, 6.45) is 1.67. The molecule has 0 aliphatic carbocycles. The average molecular weight is 244 g/mol. The highest BCUT2D eigenvalue weighted by Crippen LogP contribution is 2.17. The van der Waals surface area contributed by atoms with E-state index >= 15 is 0 Å². The van der Waals surface area contributed by atoms with Crippen LogP contribution >= 0.6 is 0 Å². The van der Waals surface area contributed by atoms with Crippen LogP contribution in [-0.2, 0) is 4.79 Å². The van der Waals surface area contributed by atoms with Gasteiger partial charge < -0.3 is 20.4 Å². The van der Waals surface area contributed by atoms with Gasteiger partial charge in [0.15, 0.2) is 0 Å². The summed E-state index contributed by atoms with van der Waals surface area (Å²) in [7, 11) is 0. The third kappa shape index (κ3) is 3.33. The fourth-order valence-corrected chi connectivity index (χ4v) is 1.91. The average Bonchev–Trinajstić information content (AvgIpc) is 2.75. The zero-order valence-corrected chi connectivity index (χ0v) is 10.2. The largest absolute Gasteiger partial charge is 0.481 e. The topological polar surface area (TPSA) is 89.9 Å². The third-order valence-corrected chi connectivity index (χ3v) is 3.34. The van der Waals surface area contributed by atoms with E-state index in [0.717, 1.165) is 12.8 Å². The standard InChI is InChI=1S/C11H20N2O4/c1-7(10(15)16)8(2)12-11(17)13-5-3-4-9(13)6-14/h7-9,14H,3-6H2,1-2H3,(H,12,17)(H,15,16). The number of aliphatic hydroxyl groups excluding tert-OH is 1. The molecule has 0 saturated carbocycles. The smallest absolute Gasteiger partial charge is 0.317 e. The molecular weight excluding hydrogens is 224 g/mol. The number of aliphatic carboxylic acids is 1. The van der Waals surface area contributed by atoms with Gasteiger partial charge in [-0.1, -0.05) is 0 Å². The summed E-state index contributed by atoms with van der Waals surface area (Å²) < 4.78 is 0. The number of likely N-dealkylation sites (tertiary alicyclic amines) is 1. The normalized spacial score (nSPS) is 23.2. The van der Waals surface area contributed by atoms with Gasteiger partial charge in [0.05, 0.1) is 18.6 Å². The molecule has 6 nitrogen and oxygen atoms in total. The Kier molecular flexibility index (Phi) is 4.74. The lowest BCUT2D eigenvalue weighted by Gasteiger charge is -2.26. The van der Waals surface area contributed by atoms with Crippen LogP contribution < -0.4 is 5.32 Å². The van der Waals surface area contributed by atoms with Crippen LogP contribution in [0.3, 0.4) is 0 Å². The minimum Gasteiger partial charge on any atom is -0.481 e. The molecule has 1 fully saturated rings. The van der Waals surface area contributed by atoms with Crippen LogP contribution in [0.15, 0.2) is 0 Å². The predicted octanol–water partition coefficient (Wildman–Crippen LogP) is 0.262. The maximum absolute atomic E-state index is 11.9. The van der Waals surface area contributed by atoms with Crippen molar-refractivity contribution in [3.8, 4) is 0 Å². The highest BCUT2D eigenvalue weighted by Gasteiger charge is 2.30. The molecular formula is C11H20N2O4. The molecule has 3 N–H and O–H groups in total. The predicted molar refractivity (Wildman–Crippen MR) is 61.6 cm³/mol. The Morgan fingerprint density at radius 1 is 1.47 bits per heavy atom. The van der Waals surface area contributed by atoms with E-state index in [9.17, 15) is 9.59 Å². The number of aliphatic hydroxyl groups is 1. The Labute approximate surface area is 101 Å². The number of hydrogen-bond donors (Lipinski definition) is 3. The van der Waals surface area contributed by atoms with E-state index in [1.807, 2.05) is 0 Å². The molecule has 6 heteroatoms. The maximum atomic E-state index is 11.9. The van der Waals surface area contributed by atoms with E-state index in [-0.39, 0.29) is 18.7 Å². The highest BCUT2D eigenvalue weighted by atomic mass is 16.4. The zero-order chi connectivity index (χ0) is 13.0. The van der Waals surface area contributed by atoms with Crippen molar-refractivity contribution >= 4 is 12.0 Å². The summed E-state index contributed by atoms with van der Waals surface area (Å²) in [5.41, 5.74) is 0. The quantitative estimate of drug-likeness (QED) is 0.661. The van der Waals surface area contributed by atoms with Gasteiger partial charge in [-0.2, -0.15) is 0 Å². The SMILES string of the molecule is CC(NC(=O)N1CCCC1CO)C(C)C(=O)O. The summed E-state index contributed by atoms with van der Waals surface area (Å²) in [5.74, 6) is -1.56. The van der Waals surface area contributed by atoms with Crippen molar-refractivity contribution in [1.82, 2.24) is 10.2 Å². The minimum atomic E-state index is -0.932. The molecule has 0 radical (unpaired) electrons. The first-order valence-corrected chi connectivity index (χ1v) is 5.88. The number of urea groups is 1. The fraction of sp³-hybridized carbons (Fsp3) is 0.818. The molecule has 1 rings (SSSR count). The molecule has 1 heterocycles. The number of carboxylic acids is 1. The van der Waals surface area contributed by atoms with Gasteiger partial charge in [0, 0.05) is 12.6 Å². The summed E-state index contributed by atoms with van der Waals surface area (Å²) in [4.78, 5) is 24.2. The van der Waals surface area contributed by atoms with Gasteiger partial charge in [-0.3, -0.25) is 4.79 Å². The molecule has 1 aliphatic rings.